The van der Waals surface area contributed by atoms with Crippen molar-refractivity contribution in [2.75, 3.05) is 39.4 Å². The smallest absolute Gasteiger partial charge is 0.260 e. The molecule has 1 fully saturated rings. The van der Waals surface area contributed by atoms with Gasteiger partial charge in [-0.2, -0.15) is 0 Å². The Morgan fingerprint density at radius 2 is 1.68 bits per heavy atom. The summed E-state index contributed by atoms with van der Waals surface area (Å²) in [6.45, 7) is 0.836. The van der Waals surface area contributed by atoms with Crippen LogP contribution in [-0.2, 0) is 4.79 Å². The van der Waals surface area contributed by atoms with Gasteiger partial charge in [0.1, 0.15) is 6.67 Å². The molecule has 2 amide bonds. The molecule has 0 bridgehead atoms. The number of hydrogen-bond acceptors (Lipinski definition) is 5. The van der Waals surface area contributed by atoms with E-state index in [0.29, 0.717) is 41.5 Å². The fourth-order valence-electron chi connectivity index (χ4n) is 3.26. The van der Waals surface area contributed by atoms with E-state index < -0.39 is 0 Å². The molecule has 0 saturated carbocycles. The summed E-state index contributed by atoms with van der Waals surface area (Å²) in [4.78, 5) is 28.8. The first-order valence-corrected chi connectivity index (χ1v) is 9.03. The zero-order chi connectivity index (χ0) is 20.1. The van der Waals surface area contributed by atoms with E-state index in [2.05, 4.69) is 0 Å². The van der Waals surface area contributed by atoms with Gasteiger partial charge in [-0.25, -0.2) is 0 Å². The van der Waals surface area contributed by atoms with Crippen molar-refractivity contribution in [1.29, 1.82) is 0 Å². The molecule has 7 nitrogen and oxygen atoms in total. The molecule has 7 heteroatoms. The molecule has 0 unspecified atom stereocenters. The van der Waals surface area contributed by atoms with Crippen LogP contribution in [0.3, 0.4) is 0 Å². The summed E-state index contributed by atoms with van der Waals surface area (Å²) < 4.78 is 16.1. The lowest BCUT2D eigenvalue weighted by Gasteiger charge is -2.28. The molecule has 0 aliphatic carbocycles. The molecule has 28 heavy (non-hydrogen) atoms. The summed E-state index contributed by atoms with van der Waals surface area (Å²) in [5.41, 5.74) is 1.09. The quantitative estimate of drug-likeness (QED) is 0.734. The maximum atomic E-state index is 13.4. The van der Waals surface area contributed by atoms with E-state index in [0.717, 1.165) is 6.42 Å². The third kappa shape index (κ3) is 3.88. The molecule has 0 radical (unpaired) electrons. The number of carbonyl (C=O) groups is 2. The first-order chi connectivity index (χ1) is 13.6. The summed E-state index contributed by atoms with van der Waals surface area (Å²) in [5.74, 6) is 1.01. The molecular weight excluding hydrogens is 360 g/mol. The van der Waals surface area contributed by atoms with Crippen LogP contribution < -0.4 is 19.1 Å². The molecule has 1 heterocycles. The van der Waals surface area contributed by atoms with Crippen molar-refractivity contribution >= 4 is 17.5 Å². The lowest BCUT2D eigenvalue weighted by atomic mass is 10.1. The van der Waals surface area contributed by atoms with Crippen LogP contribution in [0, 0.1) is 0 Å². The van der Waals surface area contributed by atoms with Gasteiger partial charge in [0, 0.05) is 24.2 Å². The number of likely N-dealkylation sites (tertiary alicyclic amines) is 1. The third-order valence-electron chi connectivity index (χ3n) is 4.71. The largest absolute Gasteiger partial charge is 0.493 e. The SMILES string of the molecule is COc1cc(C(=O)N(CN2CCCC2=O)c2ccccc2)cc(OC)c1OC. The number of methoxy groups -OCH3 is 3. The van der Waals surface area contributed by atoms with E-state index >= 15 is 0 Å². The molecule has 0 spiro atoms. The van der Waals surface area contributed by atoms with Gasteiger partial charge < -0.3 is 19.1 Å². The fraction of sp³-hybridized carbons (Fsp3) is 0.333. The topological polar surface area (TPSA) is 68.3 Å². The minimum atomic E-state index is -0.259. The first kappa shape index (κ1) is 19.5. The second-order valence-corrected chi connectivity index (χ2v) is 6.38. The summed E-state index contributed by atoms with van der Waals surface area (Å²) in [5, 5.41) is 0. The highest BCUT2D eigenvalue weighted by atomic mass is 16.5. The highest BCUT2D eigenvalue weighted by Crippen LogP contribution is 2.38. The normalized spacial score (nSPS) is 13.4. The second-order valence-electron chi connectivity index (χ2n) is 6.38. The summed E-state index contributed by atoms with van der Waals surface area (Å²) in [6.07, 6.45) is 1.32. The van der Waals surface area contributed by atoms with Crippen molar-refractivity contribution in [3.63, 3.8) is 0 Å². The summed E-state index contributed by atoms with van der Waals surface area (Å²) in [6, 6.07) is 12.5. The van der Waals surface area contributed by atoms with Gasteiger partial charge in [0.15, 0.2) is 11.5 Å². The van der Waals surface area contributed by atoms with E-state index in [1.807, 2.05) is 30.3 Å². The van der Waals surface area contributed by atoms with Crippen LogP contribution in [0.15, 0.2) is 42.5 Å². The summed E-state index contributed by atoms with van der Waals surface area (Å²) in [7, 11) is 4.52. The molecule has 0 N–H and O–H groups in total. The van der Waals surface area contributed by atoms with Gasteiger partial charge in [-0.15, -0.1) is 0 Å². The monoisotopic (exact) mass is 384 g/mol. The maximum absolute atomic E-state index is 13.4. The Balaban J connectivity index is 2.00. The van der Waals surface area contributed by atoms with E-state index in [4.69, 9.17) is 14.2 Å². The number of amides is 2. The molecule has 2 aromatic carbocycles. The molecule has 1 aliphatic heterocycles. The Hall–Kier alpha value is -3.22. The van der Waals surface area contributed by atoms with Crippen molar-refractivity contribution in [2.45, 2.75) is 12.8 Å². The predicted molar refractivity (Wildman–Crippen MR) is 105 cm³/mol. The minimum Gasteiger partial charge on any atom is -0.493 e. The lowest BCUT2D eigenvalue weighted by Crippen LogP contribution is -2.42. The highest BCUT2D eigenvalue weighted by Gasteiger charge is 2.27. The zero-order valence-electron chi connectivity index (χ0n) is 16.3. The van der Waals surface area contributed by atoms with Crippen molar-refractivity contribution in [3.8, 4) is 17.2 Å². The van der Waals surface area contributed by atoms with Crippen LogP contribution in [0.1, 0.15) is 23.2 Å². The molecule has 1 aliphatic rings. The second kappa shape index (κ2) is 8.65. The van der Waals surface area contributed by atoms with Crippen LogP contribution in [0.25, 0.3) is 0 Å². The fourth-order valence-corrected chi connectivity index (χ4v) is 3.26. The zero-order valence-corrected chi connectivity index (χ0v) is 16.3. The van der Waals surface area contributed by atoms with Crippen LogP contribution >= 0.6 is 0 Å². The van der Waals surface area contributed by atoms with Gasteiger partial charge in [0.05, 0.1) is 21.3 Å². The standard InChI is InChI=1S/C21H24N2O5/c1-26-17-12-15(13-18(27-2)20(17)28-3)21(25)23(16-8-5-4-6-9-16)14-22-11-7-10-19(22)24/h4-6,8-9,12-13H,7,10-11,14H2,1-3H3. The number of ether oxygens (including phenoxy) is 3. The molecule has 1 saturated heterocycles. The molecular formula is C21H24N2O5. The minimum absolute atomic E-state index is 0.0543. The summed E-state index contributed by atoms with van der Waals surface area (Å²) >= 11 is 0. The number of nitrogens with zero attached hydrogens (tertiary/aromatic N) is 2. The molecule has 0 aromatic heterocycles. The number of benzene rings is 2. The molecule has 3 rings (SSSR count). The molecule has 0 atom stereocenters. The predicted octanol–water partition coefficient (Wildman–Crippen LogP) is 2.94. The van der Waals surface area contributed by atoms with Gasteiger partial charge in [-0.05, 0) is 30.7 Å². The Morgan fingerprint density at radius 3 is 2.18 bits per heavy atom. The van der Waals surface area contributed by atoms with Gasteiger partial charge in [-0.1, -0.05) is 18.2 Å². The maximum Gasteiger partial charge on any atom is 0.260 e. The Morgan fingerprint density at radius 1 is 1.04 bits per heavy atom. The average molecular weight is 384 g/mol. The van der Waals surface area contributed by atoms with Crippen LogP contribution in [-0.4, -0.2) is 51.3 Å². The number of hydrogen-bond donors (Lipinski definition) is 0. The molecule has 148 valence electrons. The van der Waals surface area contributed by atoms with Gasteiger partial charge in [0.2, 0.25) is 11.7 Å². The van der Waals surface area contributed by atoms with Gasteiger partial charge >= 0.3 is 0 Å². The van der Waals surface area contributed by atoms with Crippen molar-refractivity contribution in [3.05, 3.63) is 48.0 Å². The Labute approximate surface area is 164 Å². The number of para-hydroxylation sites is 1. The number of carbonyl (C=O) groups excluding carboxylic acids is 2. The van der Waals surface area contributed by atoms with Crippen LogP contribution in [0.2, 0.25) is 0 Å². The van der Waals surface area contributed by atoms with Crippen molar-refractivity contribution in [1.82, 2.24) is 4.90 Å². The van der Waals surface area contributed by atoms with Crippen LogP contribution in [0.5, 0.6) is 17.2 Å². The molecule has 2 aromatic rings. The Kier molecular flexibility index (Phi) is 6.03. The number of anilines is 1. The lowest BCUT2D eigenvalue weighted by molar-refractivity contribution is -0.127. The van der Waals surface area contributed by atoms with Gasteiger partial charge in [0.25, 0.3) is 5.91 Å². The number of rotatable bonds is 7. The third-order valence-corrected chi connectivity index (χ3v) is 4.71. The van der Waals surface area contributed by atoms with E-state index in [9.17, 15) is 9.59 Å². The van der Waals surface area contributed by atoms with Gasteiger partial charge in [-0.3, -0.25) is 14.5 Å². The van der Waals surface area contributed by atoms with Crippen LogP contribution in [0.4, 0.5) is 5.69 Å². The van der Waals surface area contributed by atoms with Crippen molar-refractivity contribution < 1.29 is 23.8 Å². The van der Waals surface area contributed by atoms with Crippen molar-refractivity contribution in [2.24, 2.45) is 0 Å². The van der Waals surface area contributed by atoms with E-state index in [1.54, 1.807) is 21.9 Å². The Bertz CT molecular complexity index is 828. The van der Waals surface area contributed by atoms with E-state index in [-0.39, 0.29) is 18.5 Å². The average Bonchev–Trinajstić information content (AvgIpc) is 3.15. The highest BCUT2D eigenvalue weighted by molar-refractivity contribution is 6.07. The first-order valence-electron chi connectivity index (χ1n) is 9.03. The van der Waals surface area contributed by atoms with E-state index in [1.165, 1.54) is 21.3 Å².